The number of aryl methyl sites for hydroxylation is 3. The number of ether oxygens (including phenoxy) is 4. The van der Waals surface area contributed by atoms with E-state index in [2.05, 4.69) is 43.8 Å². The predicted molar refractivity (Wildman–Crippen MR) is 295 cm³/mol. The van der Waals surface area contributed by atoms with E-state index < -0.39 is 35.4 Å². The molecule has 4 heterocycles. The zero-order valence-corrected chi connectivity index (χ0v) is 46.2. The lowest BCUT2D eigenvalue weighted by Crippen LogP contribution is -2.58. The third-order valence-corrected chi connectivity index (χ3v) is 15.2. The van der Waals surface area contributed by atoms with Gasteiger partial charge in [0.05, 0.1) is 48.0 Å². The lowest BCUT2D eigenvalue weighted by molar-refractivity contribution is -0.144. The van der Waals surface area contributed by atoms with Crippen LogP contribution >= 0.6 is 11.3 Å². The number of H-pyrrole nitrogens is 1. The average Bonchev–Trinajstić information content (AvgIpc) is 4.02. The highest BCUT2D eigenvalue weighted by molar-refractivity contribution is 7.13. The molecule has 17 nitrogen and oxygen atoms in total. The predicted octanol–water partition coefficient (Wildman–Crippen LogP) is 7.12. The maximum Gasteiger partial charge on any atom is 0.253 e. The smallest absolute Gasteiger partial charge is 0.253 e. The molecule has 2 aromatic heterocycles. The molecule has 2 saturated heterocycles. The van der Waals surface area contributed by atoms with Crippen LogP contribution in [0.3, 0.4) is 0 Å². The van der Waals surface area contributed by atoms with Crippen molar-refractivity contribution in [1.82, 2.24) is 30.8 Å². The van der Waals surface area contributed by atoms with E-state index in [1.54, 1.807) is 11.3 Å². The second kappa shape index (κ2) is 26.1. The first-order valence-electron chi connectivity index (χ1n) is 26.3. The van der Waals surface area contributed by atoms with Gasteiger partial charge in [0.25, 0.3) is 11.5 Å². The van der Waals surface area contributed by atoms with Crippen LogP contribution in [-0.4, -0.2) is 127 Å². The first-order chi connectivity index (χ1) is 36.3. The molecular weight excluding hydrogens is 987 g/mol. The van der Waals surface area contributed by atoms with Gasteiger partial charge < -0.3 is 54.8 Å². The van der Waals surface area contributed by atoms with Gasteiger partial charge in [-0.2, -0.15) is 0 Å². The first-order valence-corrected chi connectivity index (χ1v) is 27.1. The number of nitrogens with zero attached hydrogens (tertiary/aromatic N) is 3. The molecule has 7 rings (SSSR count). The normalized spacial score (nSPS) is 16.7. The van der Waals surface area contributed by atoms with Crippen molar-refractivity contribution in [1.29, 1.82) is 0 Å². The zero-order chi connectivity index (χ0) is 54.7. The molecule has 2 aliphatic heterocycles. The Morgan fingerprint density at radius 3 is 2.25 bits per heavy atom. The van der Waals surface area contributed by atoms with Crippen LogP contribution in [0.2, 0.25) is 0 Å². The Morgan fingerprint density at radius 1 is 0.908 bits per heavy atom. The summed E-state index contributed by atoms with van der Waals surface area (Å²) < 4.78 is 23.0. The van der Waals surface area contributed by atoms with Gasteiger partial charge in [-0.15, -0.1) is 11.3 Å². The highest BCUT2D eigenvalue weighted by atomic mass is 32.1. The van der Waals surface area contributed by atoms with E-state index >= 15 is 0 Å². The second-order valence-electron chi connectivity index (χ2n) is 20.8. The van der Waals surface area contributed by atoms with E-state index in [9.17, 15) is 29.1 Å². The monoisotopic (exact) mass is 1060 g/mol. The van der Waals surface area contributed by atoms with Crippen LogP contribution in [0.25, 0.3) is 21.6 Å². The Labute approximate surface area is 450 Å². The van der Waals surface area contributed by atoms with Crippen molar-refractivity contribution in [2.45, 2.75) is 118 Å². The molecule has 0 aliphatic carbocycles. The summed E-state index contributed by atoms with van der Waals surface area (Å²) in [5.74, 6) is -0.964. The fourth-order valence-corrected chi connectivity index (χ4v) is 10.8. The number of rotatable bonds is 22. The van der Waals surface area contributed by atoms with Gasteiger partial charge in [0.2, 0.25) is 17.7 Å². The van der Waals surface area contributed by atoms with Crippen LogP contribution in [0.5, 0.6) is 5.75 Å². The number of carbonyl (C=O) groups is 4. The fourth-order valence-electron chi connectivity index (χ4n) is 9.95. The van der Waals surface area contributed by atoms with E-state index in [-0.39, 0.29) is 82.0 Å². The van der Waals surface area contributed by atoms with Gasteiger partial charge in [-0.25, -0.2) is 4.98 Å². The number of nitrogens with one attached hydrogen (secondary N) is 4. The Kier molecular flexibility index (Phi) is 19.6. The summed E-state index contributed by atoms with van der Waals surface area (Å²) in [5, 5.41) is 19.5. The van der Waals surface area contributed by atoms with E-state index in [4.69, 9.17) is 18.9 Å². The summed E-state index contributed by atoms with van der Waals surface area (Å²) in [6.07, 6.45) is 0.963. The van der Waals surface area contributed by atoms with E-state index in [1.807, 2.05) is 122 Å². The number of likely N-dealkylation sites (tertiary alicyclic amines) is 1. The molecule has 0 saturated carbocycles. The standard InChI is InChI=1S/C58H75N7O10S/c1-10-64(44-19-21-72-22-20-44)49-29-43(28-47(37(49)4)54(68)59-31-48-35(2)27-36(3)61-55(48)69)41-15-17-46(18-16-41)75-26-25-73-23-24-74-33-51(67)63-53(58(7,8)9)57(71)65-32-45(66)30-50(65)56(70)62-38(5)40-11-13-42(14-12-40)52-39(6)60-34-76-52/h11-18,27-29,34,38,44-45,50,53,66H,10,19-26,30-33H2,1-9H3,(H,59,68)(H,61,69)(H,62,70)(H,63,67)/t38-,45+,50-,53?/m0/s1. The van der Waals surface area contributed by atoms with Gasteiger partial charge in [0.1, 0.15) is 31.0 Å². The number of thiazole rings is 1. The number of aliphatic hydroxyl groups excluding tert-OH is 1. The number of pyridine rings is 1. The third-order valence-electron chi connectivity index (χ3n) is 14.2. The molecule has 5 N–H and O–H groups in total. The Balaban J connectivity index is 0.874. The summed E-state index contributed by atoms with van der Waals surface area (Å²) in [6, 6.07) is 19.5. The molecule has 2 aliphatic rings. The van der Waals surface area contributed by atoms with Crippen molar-refractivity contribution in [2.24, 2.45) is 5.41 Å². The molecule has 4 atom stereocenters. The number of aliphatic hydroxyl groups is 1. The van der Waals surface area contributed by atoms with Gasteiger partial charge in [-0.05, 0) is 124 Å². The van der Waals surface area contributed by atoms with Crippen LogP contribution in [-0.2, 0) is 35.1 Å². The van der Waals surface area contributed by atoms with Crippen molar-refractivity contribution in [2.75, 3.05) is 64.2 Å². The highest BCUT2D eigenvalue weighted by Crippen LogP contribution is 2.35. The first kappa shape index (κ1) is 57.3. The summed E-state index contributed by atoms with van der Waals surface area (Å²) >= 11 is 1.57. The number of carbonyl (C=O) groups excluding carboxylic acids is 4. The Bertz CT molecular complexity index is 2860. The summed E-state index contributed by atoms with van der Waals surface area (Å²) in [5.41, 5.74) is 10.0. The quantitative estimate of drug-likeness (QED) is 0.0439. The van der Waals surface area contributed by atoms with Crippen LogP contribution < -0.4 is 31.1 Å². The van der Waals surface area contributed by atoms with Crippen LogP contribution in [0.1, 0.15) is 104 Å². The summed E-state index contributed by atoms with van der Waals surface area (Å²) in [4.78, 5) is 79.7. The number of hydrogen-bond donors (Lipinski definition) is 5. The summed E-state index contributed by atoms with van der Waals surface area (Å²) in [6.45, 7) is 19.9. The molecule has 2 fully saturated rings. The number of benzene rings is 3. The van der Waals surface area contributed by atoms with Gasteiger partial charge in [-0.1, -0.05) is 57.2 Å². The summed E-state index contributed by atoms with van der Waals surface area (Å²) in [7, 11) is 0. The van der Waals surface area contributed by atoms with Crippen molar-refractivity contribution < 1.29 is 43.2 Å². The number of β-amino-alcohol motifs (C(OH)–C–C–N with tert-alkyl or cyclic N) is 1. The van der Waals surface area contributed by atoms with Crippen molar-refractivity contribution in [3.8, 4) is 27.3 Å². The largest absolute Gasteiger partial charge is 0.491 e. The average molecular weight is 1060 g/mol. The van der Waals surface area contributed by atoms with Crippen molar-refractivity contribution in [3.63, 3.8) is 0 Å². The van der Waals surface area contributed by atoms with Crippen LogP contribution in [0.4, 0.5) is 5.69 Å². The van der Waals surface area contributed by atoms with E-state index in [0.29, 0.717) is 30.1 Å². The van der Waals surface area contributed by atoms with Crippen LogP contribution in [0, 0.1) is 33.1 Å². The molecule has 408 valence electrons. The van der Waals surface area contributed by atoms with Crippen molar-refractivity contribution >= 4 is 40.7 Å². The Hall–Kier alpha value is -6.44. The zero-order valence-electron chi connectivity index (χ0n) is 45.4. The lowest BCUT2D eigenvalue weighted by Gasteiger charge is -2.37. The minimum absolute atomic E-state index is 0.0345. The minimum atomic E-state index is -0.994. The third kappa shape index (κ3) is 14.5. The highest BCUT2D eigenvalue weighted by Gasteiger charge is 2.45. The van der Waals surface area contributed by atoms with Gasteiger partial charge in [0.15, 0.2) is 0 Å². The topological polar surface area (TPSA) is 214 Å². The second-order valence-corrected chi connectivity index (χ2v) is 21.7. The number of anilines is 1. The van der Waals surface area contributed by atoms with Gasteiger partial charge in [0, 0.05) is 67.8 Å². The number of hydrogen-bond acceptors (Lipinski definition) is 13. The molecule has 1 unspecified atom stereocenters. The van der Waals surface area contributed by atoms with Crippen molar-refractivity contribution in [3.05, 3.63) is 122 Å². The fraction of sp³-hybridized carbons (Fsp3) is 0.483. The lowest BCUT2D eigenvalue weighted by atomic mass is 9.85. The molecule has 4 amide bonds. The minimum Gasteiger partial charge on any atom is -0.491 e. The molecule has 0 radical (unpaired) electrons. The van der Waals surface area contributed by atoms with Crippen LogP contribution in [0.15, 0.2) is 77.0 Å². The molecule has 18 heteroatoms. The van der Waals surface area contributed by atoms with E-state index in [0.717, 1.165) is 74.7 Å². The molecule has 0 spiro atoms. The molecule has 0 bridgehead atoms. The van der Waals surface area contributed by atoms with Gasteiger partial charge >= 0.3 is 0 Å². The Morgan fingerprint density at radius 2 is 1.59 bits per heavy atom. The maximum absolute atomic E-state index is 14.1. The van der Waals surface area contributed by atoms with Gasteiger partial charge in [-0.3, -0.25) is 24.0 Å². The molecular formula is C58H75N7O10S. The molecule has 3 aromatic carbocycles. The number of aromatic nitrogens is 2. The number of aromatic amines is 1. The SMILES string of the molecule is CCN(c1cc(-c2ccc(OCCOCCOCC(=O)NC(C(=O)N3C[C@H](O)C[C@H]3C(=O)N[C@@H](C)c3ccc(-c4scnc4C)cc3)C(C)(C)C)cc2)cc(C(=O)NCc2c(C)cc(C)[nH]c2=O)c1C)C1CCOCC1. The number of amides is 4. The molecule has 76 heavy (non-hydrogen) atoms. The maximum atomic E-state index is 14.1. The van der Waals surface area contributed by atoms with E-state index in [1.165, 1.54) is 4.90 Å². The molecule has 5 aromatic rings.